The van der Waals surface area contributed by atoms with Crippen LogP contribution >= 0.6 is 15.9 Å². The van der Waals surface area contributed by atoms with Crippen LogP contribution in [0.2, 0.25) is 0 Å². The van der Waals surface area contributed by atoms with E-state index in [0.29, 0.717) is 23.3 Å². The van der Waals surface area contributed by atoms with Crippen LogP contribution in [-0.2, 0) is 0 Å². The van der Waals surface area contributed by atoms with Gasteiger partial charge in [-0.05, 0) is 47.2 Å². The summed E-state index contributed by atoms with van der Waals surface area (Å²) in [5.41, 5.74) is 0.650. The van der Waals surface area contributed by atoms with Gasteiger partial charge in [0.05, 0.1) is 5.56 Å². The second-order valence-corrected chi connectivity index (χ2v) is 6.63. The van der Waals surface area contributed by atoms with Crippen LogP contribution in [0.15, 0.2) is 16.7 Å². The number of pyridine rings is 1. The van der Waals surface area contributed by atoms with Crippen LogP contribution in [0.5, 0.6) is 0 Å². The maximum Gasteiger partial charge on any atom is 0.257 e. The largest absolute Gasteiger partial charge is 0.372 e. The molecule has 0 saturated heterocycles. The Hall–Kier alpha value is -1.10. The van der Waals surface area contributed by atoms with E-state index in [1.54, 1.807) is 13.2 Å². The van der Waals surface area contributed by atoms with E-state index in [2.05, 4.69) is 40.1 Å². The van der Waals surface area contributed by atoms with Crippen molar-refractivity contribution < 1.29 is 4.79 Å². The predicted molar refractivity (Wildman–Crippen MR) is 85.0 cm³/mol. The minimum atomic E-state index is 0.0892. The van der Waals surface area contributed by atoms with Crippen LogP contribution in [0.25, 0.3) is 0 Å². The number of rotatable bonds is 6. The van der Waals surface area contributed by atoms with Crippen molar-refractivity contribution in [2.75, 3.05) is 18.9 Å². The Bertz CT molecular complexity index is 486. The molecule has 1 aromatic heterocycles. The Morgan fingerprint density at radius 3 is 2.80 bits per heavy atom. The smallest absolute Gasteiger partial charge is 0.257 e. The van der Waals surface area contributed by atoms with E-state index in [9.17, 15) is 4.79 Å². The highest BCUT2D eigenvalue weighted by atomic mass is 79.9. The van der Waals surface area contributed by atoms with Crippen LogP contribution in [0.4, 0.5) is 5.82 Å². The van der Waals surface area contributed by atoms with Gasteiger partial charge in [-0.2, -0.15) is 0 Å². The summed E-state index contributed by atoms with van der Waals surface area (Å²) in [5.74, 6) is 1.34. The predicted octanol–water partition coefficient (Wildman–Crippen LogP) is 3.54. The molecule has 5 heteroatoms. The Morgan fingerprint density at radius 1 is 1.55 bits per heavy atom. The molecular formula is C15H22BrN3O. The maximum absolute atomic E-state index is 12.8. The number of anilines is 1. The van der Waals surface area contributed by atoms with Crippen LogP contribution in [-0.4, -0.2) is 35.4 Å². The van der Waals surface area contributed by atoms with E-state index < -0.39 is 0 Å². The Balaban J connectivity index is 2.20. The van der Waals surface area contributed by atoms with Gasteiger partial charge in [0.25, 0.3) is 5.91 Å². The van der Waals surface area contributed by atoms with Crippen molar-refractivity contribution in [3.63, 3.8) is 0 Å². The fourth-order valence-corrected chi connectivity index (χ4v) is 2.52. The maximum atomic E-state index is 12.8. The lowest BCUT2D eigenvalue weighted by Gasteiger charge is -2.24. The number of carbonyl (C=O) groups is 1. The zero-order valence-corrected chi connectivity index (χ0v) is 13.9. The lowest BCUT2D eigenvalue weighted by molar-refractivity contribution is 0.0736. The summed E-state index contributed by atoms with van der Waals surface area (Å²) in [6, 6.07) is 2.27. The van der Waals surface area contributed by atoms with E-state index in [-0.39, 0.29) is 5.91 Å². The molecule has 0 spiro atoms. The van der Waals surface area contributed by atoms with Gasteiger partial charge in [0.1, 0.15) is 5.82 Å². The van der Waals surface area contributed by atoms with Gasteiger partial charge in [0.15, 0.2) is 0 Å². The molecule has 0 bridgehead atoms. The van der Waals surface area contributed by atoms with Crippen LogP contribution in [0, 0.1) is 5.92 Å². The zero-order valence-electron chi connectivity index (χ0n) is 12.3. The van der Waals surface area contributed by atoms with Crippen molar-refractivity contribution in [3.05, 3.63) is 22.3 Å². The van der Waals surface area contributed by atoms with Crippen molar-refractivity contribution >= 4 is 27.7 Å². The Morgan fingerprint density at radius 2 is 2.25 bits per heavy atom. The first-order chi connectivity index (χ1) is 9.52. The van der Waals surface area contributed by atoms with Crippen LogP contribution in [0.1, 0.15) is 43.5 Å². The number of nitrogens with zero attached hydrogens (tertiary/aromatic N) is 2. The summed E-state index contributed by atoms with van der Waals surface area (Å²) in [5, 5.41) is 3.00. The van der Waals surface area contributed by atoms with Crippen molar-refractivity contribution in [2.45, 2.75) is 39.2 Å². The molecular weight excluding hydrogens is 318 g/mol. The highest BCUT2D eigenvalue weighted by molar-refractivity contribution is 9.10. The number of aromatic nitrogens is 1. The van der Waals surface area contributed by atoms with Gasteiger partial charge < -0.3 is 10.2 Å². The summed E-state index contributed by atoms with van der Waals surface area (Å²) >= 11 is 3.40. The first-order valence-electron chi connectivity index (χ1n) is 7.17. The molecule has 0 atom stereocenters. The average molecular weight is 340 g/mol. The van der Waals surface area contributed by atoms with Crippen molar-refractivity contribution in [3.8, 4) is 0 Å². The average Bonchev–Trinajstić information content (AvgIpc) is 3.23. The van der Waals surface area contributed by atoms with E-state index in [1.807, 2.05) is 11.0 Å². The topological polar surface area (TPSA) is 45.2 Å². The lowest BCUT2D eigenvalue weighted by atomic mass is 10.1. The molecule has 1 fully saturated rings. The number of amides is 1. The van der Waals surface area contributed by atoms with Gasteiger partial charge in [0, 0.05) is 30.3 Å². The first kappa shape index (κ1) is 15.3. The van der Waals surface area contributed by atoms with Crippen LogP contribution < -0.4 is 5.32 Å². The lowest BCUT2D eigenvalue weighted by Crippen LogP contribution is -2.35. The highest BCUT2D eigenvalue weighted by Crippen LogP contribution is 2.30. The molecule has 1 heterocycles. The van der Waals surface area contributed by atoms with E-state index in [1.165, 1.54) is 0 Å². The van der Waals surface area contributed by atoms with Gasteiger partial charge in [-0.3, -0.25) is 4.79 Å². The van der Waals surface area contributed by atoms with Gasteiger partial charge in [0.2, 0.25) is 0 Å². The summed E-state index contributed by atoms with van der Waals surface area (Å²) in [6.45, 7) is 5.21. The Kier molecular flexibility index (Phi) is 5.02. The molecule has 1 aliphatic rings. The molecule has 0 aromatic carbocycles. The molecule has 1 aromatic rings. The standard InChI is InChI=1S/C15H22BrN3O/c1-10(2)6-7-19(12-4-5-12)15(20)13-8-11(16)9-18-14(13)17-3/h8-10,12H,4-7H2,1-3H3,(H,17,18). The molecule has 110 valence electrons. The monoisotopic (exact) mass is 339 g/mol. The van der Waals surface area contributed by atoms with Gasteiger partial charge in [-0.15, -0.1) is 0 Å². The second-order valence-electron chi connectivity index (χ2n) is 5.71. The highest BCUT2D eigenvalue weighted by Gasteiger charge is 2.33. The number of hydrogen-bond donors (Lipinski definition) is 1. The minimum absolute atomic E-state index is 0.0892. The minimum Gasteiger partial charge on any atom is -0.372 e. The van der Waals surface area contributed by atoms with Gasteiger partial charge in [-0.1, -0.05) is 13.8 Å². The summed E-state index contributed by atoms with van der Waals surface area (Å²) in [6.07, 6.45) is 5.00. The number of hydrogen-bond acceptors (Lipinski definition) is 3. The Labute approximate surface area is 129 Å². The van der Waals surface area contributed by atoms with Gasteiger partial charge >= 0.3 is 0 Å². The molecule has 1 aliphatic carbocycles. The third-order valence-electron chi connectivity index (χ3n) is 3.52. The van der Waals surface area contributed by atoms with E-state index >= 15 is 0 Å². The van der Waals surface area contributed by atoms with E-state index in [0.717, 1.165) is 30.3 Å². The summed E-state index contributed by atoms with van der Waals surface area (Å²) in [4.78, 5) is 19.1. The molecule has 0 unspecified atom stereocenters. The van der Waals surface area contributed by atoms with Crippen molar-refractivity contribution in [1.29, 1.82) is 0 Å². The fourth-order valence-electron chi connectivity index (χ4n) is 2.19. The van der Waals surface area contributed by atoms with E-state index in [4.69, 9.17) is 0 Å². The quantitative estimate of drug-likeness (QED) is 0.862. The molecule has 4 nitrogen and oxygen atoms in total. The zero-order chi connectivity index (χ0) is 14.7. The number of nitrogens with one attached hydrogen (secondary N) is 1. The molecule has 1 saturated carbocycles. The normalized spacial score (nSPS) is 14.4. The van der Waals surface area contributed by atoms with Crippen LogP contribution in [0.3, 0.4) is 0 Å². The third kappa shape index (κ3) is 3.72. The number of carbonyl (C=O) groups excluding carboxylic acids is 1. The summed E-state index contributed by atoms with van der Waals surface area (Å²) in [7, 11) is 1.79. The third-order valence-corrected chi connectivity index (χ3v) is 3.95. The molecule has 2 rings (SSSR count). The summed E-state index contributed by atoms with van der Waals surface area (Å²) < 4.78 is 0.833. The van der Waals surface area contributed by atoms with Gasteiger partial charge in [-0.25, -0.2) is 4.98 Å². The number of halogens is 1. The first-order valence-corrected chi connectivity index (χ1v) is 7.96. The molecule has 0 aliphatic heterocycles. The van der Waals surface area contributed by atoms with Crippen molar-refractivity contribution in [2.24, 2.45) is 5.92 Å². The molecule has 0 radical (unpaired) electrons. The SMILES string of the molecule is CNc1ncc(Br)cc1C(=O)N(CCC(C)C)C1CC1. The molecule has 1 amide bonds. The second kappa shape index (κ2) is 6.57. The van der Waals surface area contributed by atoms with Crippen molar-refractivity contribution in [1.82, 2.24) is 9.88 Å². The molecule has 1 N–H and O–H groups in total. The fraction of sp³-hybridized carbons (Fsp3) is 0.600. The molecule has 20 heavy (non-hydrogen) atoms.